The zero-order valence-electron chi connectivity index (χ0n) is 8.53. The number of rotatable bonds is 3. The molecule has 1 atom stereocenters. The second-order valence-corrected chi connectivity index (χ2v) is 4.07. The quantitative estimate of drug-likeness (QED) is 0.797. The summed E-state index contributed by atoms with van der Waals surface area (Å²) in [5.74, 6) is 2.72. The first kappa shape index (κ1) is 10.0. The van der Waals surface area contributed by atoms with Crippen molar-refractivity contribution in [2.75, 3.05) is 5.32 Å². The minimum atomic E-state index is 0.0915. The van der Waals surface area contributed by atoms with Crippen LogP contribution in [0.1, 0.15) is 13.3 Å². The van der Waals surface area contributed by atoms with Crippen molar-refractivity contribution < 1.29 is 0 Å². The van der Waals surface area contributed by atoms with Crippen molar-refractivity contribution in [2.24, 2.45) is 0 Å². The molecule has 0 radical (unpaired) electrons. The van der Waals surface area contributed by atoms with Crippen molar-refractivity contribution in [1.82, 2.24) is 4.37 Å². The van der Waals surface area contributed by atoms with Crippen molar-refractivity contribution in [2.45, 2.75) is 19.4 Å². The van der Waals surface area contributed by atoms with Crippen molar-refractivity contribution >= 4 is 27.4 Å². The van der Waals surface area contributed by atoms with Gasteiger partial charge in [0.1, 0.15) is 5.00 Å². The first-order valence-corrected chi connectivity index (χ1v) is 5.69. The molecule has 0 bridgehead atoms. The van der Waals surface area contributed by atoms with Gasteiger partial charge in [-0.15, -0.1) is 6.42 Å². The lowest BCUT2D eigenvalue weighted by atomic mass is 10.2. The van der Waals surface area contributed by atoms with Crippen LogP contribution in [0.3, 0.4) is 0 Å². The number of nitrogens with one attached hydrogen (secondary N) is 1. The molecule has 0 aliphatic heterocycles. The van der Waals surface area contributed by atoms with Gasteiger partial charge in [0.05, 0.1) is 11.6 Å². The molecule has 1 aromatic carbocycles. The minimum absolute atomic E-state index is 0.0915. The molecule has 0 amide bonds. The lowest BCUT2D eigenvalue weighted by Gasteiger charge is -2.09. The number of hydrogen-bond acceptors (Lipinski definition) is 3. The molecule has 0 aliphatic rings. The SMILES string of the molecule is C#CC(CC)Nc1snc2ccccc12. The third-order valence-electron chi connectivity index (χ3n) is 2.30. The number of benzene rings is 1. The van der Waals surface area contributed by atoms with Crippen LogP contribution < -0.4 is 5.32 Å². The highest BCUT2D eigenvalue weighted by atomic mass is 32.1. The van der Waals surface area contributed by atoms with E-state index in [0.29, 0.717) is 0 Å². The van der Waals surface area contributed by atoms with Gasteiger partial charge in [0, 0.05) is 5.39 Å². The topological polar surface area (TPSA) is 24.9 Å². The summed E-state index contributed by atoms with van der Waals surface area (Å²) in [7, 11) is 0. The van der Waals surface area contributed by atoms with E-state index in [1.807, 2.05) is 18.2 Å². The van der Waals surface area contributed by atoms with Gasteiger partial charge in [-0.1, -0.05) is 25.0 Å². The number of aromatic nitrogens is 1. The van der Waals surface area contributed by atoms with Crippen LogP contribution in [0.4, 0.5) is 5.00 Å². The van der Waals surface area contributed by atoms with Crippen molar-refractivity contribution in [3.05, 3.63) is 24.3 Å². The Kier molecular flexibility index (Phi) is 2.89. The fraction of sp³-hybridized carbons (Fsp3) is 0.250. The Morgan fingerprint density at radius 1 is 1.53 bits per heavy atom. The minimum Gasteiger partial charge on any atom is -0.362 e. The number of fused-ring (bicyclic) bond motifs is 1. The Balaban J connectivity index is 2.33. The van der Waals surface area contributed by atoms with Gasteiger partial charge in [-0.3, -0.25) is 0 Å². The molecule has 0 spiro atoms. The lowest BCUT2D eigenvalue weighted by Crippen LogP contribution is -2.14. The summed E-state index contributed by atoms with van der Waals surface area (Å²) in [6, 6.07) is 8.16. The first-order chi connectivity index (χ1) is 7.35. The summed E-state index contributed by atoms with van der Waals surface area (Å²) in [6.45, 7) is 2.07. The fourth-order valence-electron chi connectivity index (χ4n) is 1.41. The molecule has 1 unspecified atom stereocenters. The molecule has 2 aromatic rings. The number of hydrogen-bond donors (Lipinski definition) is 1. The molecule has 1 heterocycles. The number of nitrogens with zero attached hydrogens (tertiary/aromatic N) is 1. The van der Waals surface area contributed by atoms with Gasteiger partial charge in [0.25, 0.3) is 0 Å². The number of terminal acetylenes is 1. The van der Waals surface area contributed by atoms with Crippen LogP contribution in [0, 0.1) is 12.3 Å². The highest BCUT2D eigenvalue weighted by molar-refractivity contribution is 7.11. The standard InChI is InChI=1S/C12H12N2S/c1-3-9(4-2)13-12-10-7-5-6-8-11(10)14-15-12/h1,5-9,13H,4H2,2H3. The molecule has 1 N–H and O–H groups in total. The molecule has 3 heteroatoms. The van der Waals surface area contributed by atoms with Gasteiger partial charge in [-0.2, -0.15) is 4.37 Å². The second-order valence-electron chi connectivity index (χ2n) is 3.30. The van der Waals surface area contributed by atoms with Crippen LogP contribution in [-0.2, 0) is 0 Å². The summed E-state index contributed by atoms with van der Waals surface area (Å²) in [6.07, 6.45) is 6.34. The van der Waals surface area contributed by atoms with Crippen molar-refractivity contribution in [1.29, 1.82) is 0 Å². The largest absolute Gasteiger partial charge is 0.362 e. The fourth-order valence-corrected chi connectivity index (χ4v) is 2.23. The Morgan fingerprint density at radius 3 is 3.07 bits per heavy atom. The summed E-state index contributed by atoms with van der Waals surface area (Å²) in [5, 5.41) is 5.54. The van der Waals surface area contributed by atoms with E-state index >= 15 is 0 Å². The maximum atomic E-state index is 5.42. The molecule has 0 saturated heterocycles. The van der Waals surface area contributed by atoms with Crippen molar-refractivity contribution in [3.63, 3.8) is 0 Å². The molecule has 15 heavy (non-hydrogen) atoms. The van der Waals surface area contributed by atoms with Crippen LogP contribution in [0.15, 0.2) is 24.3 Å². The predicted molar refractivity (Wildman–Crippen MR) is 66.2 cm³/mol. The van der Waals surface area contributed by atoms with Crippen LogP contribution in [0.25, 0.3) is 10.9 Å². The first-order valence-electron chi connectivity index (χ1n) is 4.92. The van der Waals surface area contributed by atoms with E-state index in [9.17, 15) is 0 Å². The van der Waals surface area contributed by atoms with Gasteiger partial charge >= 0.3 is 0 Å². The molecule has 0 saturated carbocycles. The van der Waals surface area contributed by atoms with Crippen LogP contribution in [0.5, 0.6) is 0 Å². The third kappa shape index (κ3) is 1.95. The highest BCUT2D eigenvalue weighted by Gasteiger charge is 2.07. The van der Waals surface area contributed by atoms with Gasteiger partial charge in [0.15, 0.2) is 0 Å². The molecule has 1 aromatic heterocycles. The average Bonchev–Trinajstić information content (AvgIpc) is 2.69. The normalized spacial score (nSPS) is 12.3. The third-order valence-corrected chi connectivity index (χ3v) is 3.11. The van der Waals surface area contributed by atoms with Crippen molar-refractivity contribution in [3.8, 4) is 12.3 Å². The smallest absolute Gasteiger partial charge is 0.118 e. The van der Waals surface area contributed by atoms with Crippen LogP contribution in [0.2, 0.25) is 0 Å². The molecule has 2 rings (SSSR count). The van der Waals surface area contributed by atoms with E-state index < -0.39 is 0 Å². The zero-order valence-corrected chi connectivity index (χ0v) is 9.34. The molecular formula is C12H12N2S. The molecule has 0 aliphatic carbocycles. The molecule has 2 nitrogen and oxygen atoms in total. The van der Waals surface area contributed by atoms with Crippen LogP contribution in [-0.4, -0.2) is 10.4 Å². The highest BCUT2D eigenvalue weighted by Crippen LogP contribution is 2.27. The van der Waals surface area contributed by atoms with E-state index in [2.05, 4.69) is 28.6 Å². The Morgan fingerprint density at radius 2 is 2.33 bits per heavy atom. The Hall–Kier alpha value is -1.53. The second kappa shape index (κ2) is 4.33. The predicted octanol–water partition coefficient (Wildman–Crippen LogP) is 3.12. The zero-order chi connectivity index (χ0) is 10.7. The Bertz CT molecular complexity index is 496. The molecular weight excluding hydrogens is 204 g/mol. The van der Waals surface area contributed by atoms with E-state index in [1.165, 1.54) is 11.5 Å². The summed E-state index contributed by atoms with van der Waals surface area (Å²) >= 11 is 1.47. The summed E-state index contributed by atoms with van der Waals surface area (Å²) in [5.41, 5.74) is 1.02. The van der Waals surface area contributed by atoms with Gasteiger partial charge in [-0.05, 0) is 30.1 Å². The maximum absolute atomic E-state index is 5.42. The van der Waals surface area contributed by atoms with E-state index in [0.717, 1.165) is 22.3 Å². The van der Waals surface area contributed by atoms with Gasteiger partial charge in [-0.25, -0.2) is 0 Å². The summed E-state index contributed by atoms with van der Waals surface area (Å²) < 4.78 is 4.35. The molecule has 76 valence electrons. The summed E-state index contributed by atoms with van der Waals surface area (Å²) in [4.78, 5) is 0. The van der Waals surface area contributed by atoms with Gasteiger partial charge < -0.3 is 5.32 Å². The van der Waals surface area contributed by atoms with E-state index in [4.69, 9.17) is 6.42 Å². The van der Waals surface area contributed by atoms with E-state index in [-0.39, 0.29) is 6.04 Å². The van der Waals surface area contributed by atoms with Crippen LogP contribution >= 0.6 is 11.5 Å². The lowest BCUT2D eigenvalue weighted by molar-refractivity contribution is 0.862. The number of anilines is 1. The average molecular weight is 216 g/mol. The van der Waals surface area contributed by atoms with Gasteiger partial charge in [0.2, 0.25) is 0 Å². The maximum Gasteiger partial charge on any atom is 0.118 e. The monoisotopic (exact) mass is 216 g/mol. The molecule has 0 fully saturated rings. The Labute approximate surface area is 93.5 Å². The van der Waals surface area contributed by atoms with E-state index in [1.54, 1.807) is 0 Å².